The van der Waals surface area contributed by atoms with E-state index in [1.165, 1.54) is 0 Å². The molecule has 0 bridgehead atoms. The van der Waals surface area contributed by atoms with E-state index in [0.29, 0.717) is 23.8 Å². The number of anilines is 1. The lowest BCUT2D eigenvalue weighted by Crippen LogP contribution is -2.46. The molecule has 0 aliphatic heterocycles. The van der Waals surface area contributed by atoms with Gasteiger partial charge in [-0.25, -0.2) is 0 Å². The van der Waals surface area contributed by atoms with Crippen molar-refractivity contribution in [2.45, 2.75) is 26.8 Å². The van der Waals surface area contributed by atoms with Gasteiger partial charge in [-0.2, -0.15) is 0 Å². The van der Waals surface area contributed by atoms with Gasteiger partial charge >= 0.3 is 0 Å². The topological polar surface area (TPSA) is 103 Å². The van der Waals surface area contributed by atoms with Gasteiger partial charge in [-0.15, -0.1) is 12.4 Å². The fourth-order valence-electron chi connectivity index (χ4n) is 2.31. The van der Waals surface area contributed by atoms with E-state index in [1.807, 2.05) is 45.0 Å². The van der Waals surface area contributed by atoms with E-state index in [9.17, 15) is 9.59 Å². The van der Waals surface area contributed by atoms with E-state index in [0.717, 1.165) is 5.75 Å². The summed E-state index contributed by atoms with van der Waals surface area (Å²) in [5.74, 6) is 1.44. The van der Waals surface area contributed by atoms with Gasteiger partial charge in [-0.3, -0.25) is 9.59 Å². The maximum Gasteiger partial charge on any atom is 0.243 e. The van der Waals surface area contributed by atoms with Gasteiger partial charge in [0, 0.05) is 5.69 Å². The smallest absolute Gasteiger partial charge is 0.243 e. The van der Waals surface area contributed by atoms with Gasteiger partial charge in [0.05, 0.1) is 19.2 Å². The van der Waals surface area contributed by atoms with Crippen LogP contribution in [0.25, 0.3) is 0 Å². The minimum absolute atomic E-state index is 0. The third kappa shape index (κ3) is 8.01. The summed E-state index contributed by atoms with van der Waals surface area (Å²) < 4.78 is 11.2. The highest BCUT2D eigenvalue weighted by molar-refractivity contribution is 5.95. The number of nitrogens with one attached hydrogen (secondary N) is 2. The molecule has 0 heterocycles. The summed E-state index contributed by atoms with van der Waals surface area (Å²) in [6.07, 6.45) is 0. The van der Waals surface area contributed by atoms with E-state index < -0.39 is 6.04 Å². The molecule has 2 rings (SSSR count). The van der Waals surface area contributed by atoms with Crippen molar-refractivity contribution in [2.24, 2.45) is 11.7 Å². The average Bonchev–Trinajstić information content (AvgIpc) is 2.68. The molecule has 2 aromatic rings. The van der Waals surface area contributed by atoms with Crippen LogP contribution in [-0.2, 0) is 9.59 Å². The molecule has 2 amide bonds. The van der Waals surface area contributed by atoms with E-state index in [-0.39, 0.29) is 36.7 Å². The molecule has 8 heteroatoms. The number of halogens is 1. The zero-order valence-corrected chi connectivity index (χ0v) is 17.6. The number of carbonyl (C=O) groups excluding carboxylic acids is 2. The number of carbonyl (C=O) groups is 2. The van der Waals surface area contributed by atoms with Crippen molar-refractivity contribution in [3.63, 3.8) is 0 Å². The molecule has 1 atom stereocenters. The fourth-order valence-corrected chi connectivity index (χ4v) is 2.31. The second-order valence-electron chi connectivity index (χ2n) is 6.57. The van der Waals surface area contributed by atoms with Crippen LogP contribution in [-0.4, -0.2) is 31.0 Å². The van der Waals surface area contributed by atoms with Crippen LogP contribution in [0.5, 0.6) is 17.2 Å². The van der Waals surface area contributed by atoms with Crippen LogP contribution < -0.4 is 25.8 Å². The maximum atomic E-state index is 12.0. The second-order valence-corrected chi connectivity index (χ2v) is 6.57. The molecule has 0 saturated carbocycles. The molecule has 4 N–H and O–H groups in total. The molecule has 0 spiro atoms. The highest BCUT2D eigenvalue weighted by atomic mass is 35.5. The Morgan fingerprint density at radius 3 is 2.00 bits per heavy atom. The molecule has 0 aliphatic carbocycles. The third-order valence-electron chi connectivity index (χ3n) is 3.95. The zero-order valence-electron chi connectivity index (χ0n) is 16.8. The number of hydrogen-bond acceptors (Lipinski definition) is 5. The molecule has 0 aromatic heterocycles. The molecule has 0 aliphatic rings. The lowest BCUT2D eigenvalue weighted by atomic mass is 10.1. The van der Waals surface area contributed by atoms with Crippen molar-refractivity contribution in [3.05, 3.63) is 48.5 Å². The van der Waals surface area contributed by atoms with Crippen molar-refractivity contribution in [1.82, 2.24) is 5.32 Å². The Hall–Kier alpha value is -2.77. The van der Waals surface area contributed by atoms with Gasteiger partial charge in [0.25, 0.3) is 0 Å². The van der Waals surface area contributed by atoms with Gasteiger partial charge < -0.3 is 25.8 Å². The molecular weight excluding hydrogens is 394 g/mol. The van der Waals surface area contributed by atoms with E-state index in [1.54, 1.807) is 24.3 Å². The van der Waals surface area contributed by atoms with Gasteiger partial charge in [-0.05, 0) is 61.4 Å². The number of hydrogen-bond donors (Lipinski definition) is 3. The molecule has 0 radical (unpaired) electrons. The Bertz CT molecular complexity index is 780. The van der Waals surface area contributed by atoms with Gasteiger partial charge in [0.15, 0.2) is 0 Å². The first kappa shape index (κ1) is 24.3. The van der Waals surface area contributed by atoms with E-state index in [2.05, 4.69) is 10.6 Å². The summed E-state index contributed by atoms with van der Waals surface area (Å²) in [6.45, 7) is 6.10. The molecule has 7 nitrogen and oxygen atoms in total. The number of rotatable bonds is 9. The number of nitrogens with two attached hydrogens (primary N) is 1. The van der Waals surface area contributed by atoms with E-state index in [4.69, 9.17) is 15.2 Å². The molecule has 29 heavy (non-hydrogen) atoms. The Balaban J connectivity index is 0.00000420. The van der Waals surface area contributed by atoms with Crippen molar-refractivity contribution < 1.29 is 19.1 Å². The van der Waals surface area contributed by atoms with Crippen molar-refractivity contribution >= 4 is 29.9 Å². The Labute approximate surface area is 177 Å². The van der Waals surface area contributed by atoms with Crippen LogP contribution in [0, 0.1) is 5.92 Å². The maximum absolute atomic E-state index is 12.0. The SMILES string of the molecule is CCOc1ccc(Oc2ccc(NC(=O)CNC(=O)[C@@H](N)C(C)C)cc2)cc1.Cl. The van der Waals surface area contributed by atoms with Gasteiger partial charge in [0.2, 0.25) is 11.8 Å². The highest BCUT2D eigenvalue weighted by Crippen LogP contribution is 2.25. The van der Waals surface area contributed by atoms with Crippen molar-refractivity contribution in [1.29, 1.82) is 0 Å². The zero-order chi connectivity index (χ0) is 20.5. The molecule has 0 saturated heterocycles. The van der Waals surface area contributed by atoms with Crippen LogP contribution in [0.15, 0.2) is 48.5 Å². The third-order valence-corrected chi connectivity index (χ3v) is 3.95. The molecule has 158 valence electrons. The van der Waals surface area contributed by atoms with Crippen LogP contribution >= 0.6 is 12.4 Å². The first-order chi connectivity index (χ1) is 13.4. The standard InChI is InChI=1S/C21H27N3O4.ClH/c1-4-27-16-9-11-18(12-10-16)28-17-7-5-15(6-8-17)24-19(25)13-23-21(26)20(22)14(2)3;/h5-12,14,20H,4,13,22H2,1-3H3,(H,23,26)(H,24,25);1H/t20-;/m0./s1. The number of amides is 2. The average molecular weight is 422 g/mol. The monoisotopic (exact) mass is 421 g/mol. The van der Waals surface area contributed by atoms with Crippen LogP contribution in [0.1, 0.15) is 20.8 Å². The van der Waals surface area contributed by atoms with Crippen LogP contribution in [0.3, 0.4) is 0 Å². The Kier molecular flexibility index (Phi) is 9.99. The first-order valence-electron chi connectivity index (χ1n) is 9.23. The quantitative estimate of drug-likeness (QED) is 0.576. The fraction of sp³-hybridized carbons (Fsp3) is 0.333. The Morgan fingerprint density at radius 2 is 1.48 bits per heavy atom. The largest absolute Gasteiger partial charge is 0.494 e. The normalized spacial score (nSPS) is 11.2. The summed E-state index contributed by atoms with van der Waals surface area (Å²) in [6, 6.07) is 13.6. The Morgan fingerprint density at radius 1 is 0.966 bits per heavy atom. The summed E-state index contributed by atoms with van der Waals surface area (Å²) in [7, 11) is 0. The van der Waals surface area contributed by atoms with Crippen LogP contribution in [0.4, 0.5) is 5.69 Å². The number of benzene rings is 2. The van der Waals surface area contributed by atoms with E-state index >= 15 is 0 Å². The number of ether oxygens (including phenoxy) is 2. The lowest BCUT2D eigenvalue weighted by molar-refractivity contribution is -0.125. The van der Waals surface area contributed by atoms with Gasteiger partial charge in [0.1, 0.15) is 17.2 Å². The summed E-state index contributed by atoms with van der Waals surface area (Å²) in [5.41, 5.74) is 6.34. The van der Waals surface area contributed by atoms with Crippen molar-refractivity contribution in [2.75, 3.05) is 18.5 Å². The lowest BCUT2D eigenvalue weighted by Gasteiger charge is -2.15. The second kappa shape index (κ2) is 11.9. The highest BCUT2D eigenvalue weighted by Gasteiger charge is 2.17. The predicted molar refractivity (Wildman–Crippen MR) is 116 cm³/mol. The molecule has 0 unspecified atom stereocenters. The van der Waals surface area contributed by atoms with Crippen molar-refractivity contribution in [3.8, 4) is 17.2 Å². The predicted octanol–water partition coefficient (Wildman–Crippen LogP) is 3.34. The first-order valence-corrected chi connectivity index (χ1v) is 9.23. The minimum atomic E-state index is -0.633. The summed E-state index contributed by atoms with van der Waals surface area (Å²) >= 11 is 0. The van der Waals surface area contributed by atoms with Crippen LogP contribution in [0.2, 0.25) is 0 Å². The molecule has 0 fully saturated rings. The van der Waals surface area contributed by atoms with Gasteiger partial charge in [-0.1, -0.05) is 13.8 Å². The summed E-state index contributed by atoms with van der Waals surface area (Å²) in [5, 5.41) is 5.24. The minimum Gasteiger partial charge on any atom is -0.494 e. The summed E-state index contributed by atoms with van der Waals surface area (Å²) in [4.78, 5) is 23.7. The molecule has 2 aromatic carbocycles. The molecular formula is C21H28ClN3O4.